The summed E-state index contributed by atoms with van der Waals surface area (Å²) in [5.41, 5.74) is -0.156. The number of anilines is 1. The molecular formula is C18H20ClN3O3. The minimum absolute atomic E-state index is 0.289. The number of rotatable bonds is 4. The number of amides is 1. The Kier molecular flexibility index (Phi) is 6.09. The summed E-state index contributed by atoms with van der Waals surface area (Å²) in [6, 6.07) is 6.56. The summed E-state index contributed by atoms with van der Waals surface area (Å²) in [6.45, 7) is 4.00. The van der Waals surface area contributed by atoms with Gasteiger partial charge in [-0.25, -0.2) is 9.97 Å². The fourth-order valence-corrected chi connectivity index (χ4v) is 2.73. The molecule has 0 bridgehead atoms. The molecular weight excluding hydrogens is 342 g/mol. The van der Waals surface area contributed by atoms with Crippen LogP contribution in [-0.4, -0.2) is 27.0 Å². The molecule has 25 heavy (non-hydrogen) atoms. The number of carbonyl (C=O) groups is 2. The third-order valence-corrected chi connectivity index (χ3v) is 4.28. The number of hydrogen-bond acceptors (Lipinski definition) is 4. The second-order valence-corrected chi connectivity index (χ2v) is 5.94. The molecule has 0 spiro atoms. The number of hydrogen-bond donors (Lipinski definition) is 2. The van der Waals surface area contributed by atoms with Crippen molar-refractivity contribution in [3.63, 3.8) is 0 Å². The monoisotopic (exact) mass is 361 g/mol. The summed E-state index contributed by atoms with van der Waals surface area (Å²) in [4.78, 5) is 31.8. The third-order valence-electron chi connectivity index (χ3n) is 4.04. The maximum Gasteiger partial charge on any atom is 0.317 e. The Morgan fingerprint density at radius 1 is 1.20 bits per heavy atom. The summed E-state index contributed by atoms with van der Waals surface area (Å²) in [6.07, 6.45) is 4.78. The molecule has 6 nitrogen and oxygen atoms in total. The largest absolute Gasteiger partial charge is 0.480 e. The van der Waals surface area contributed by atoms with Gasteiger partial charge in [0.15, 0.2) is 0 Å². The quantitative estimate of drug-likeness (QED) is 0.861. The standard InChI is InChI=1S/C16H14ClN3O3.C2H6/c17-11-4-1-3-10(7-11)13(21)20-12-8-18-14(19-9-12)16(15(22)23)5-2-6-16;1-2/h1,3-4,7-9H,2,5-6H2,(H,20,21)(H,22,23);1-2H3. The molecule has 1 fully saturated rings. The van der Waals surface area contributed by atoms with Crippen molar-refractivity contribution in [3.05, 3.63) is 53.1 Å². The zero-order valence-electron chi connectivity index (χ0n) is 14.1. The first kappa shape index (κ1) is 18.9. The van der Waals surface area contributed by atoms with E-state index < -0.39 is 11.4 Å². The Balaban J connectivity index is 0.00000109. The molecule has 1 aromatic carbocycles. The molecule has 2 aromatic rings. The predicted octanol–water partition coefficient (Wildman–Crippen LogP) is 3.91. The number of halogens is 1. The molecule has 0 saturated heterocycles. The van der Waals surface area contributed by atoms with E-state index in [1.165, 1.54) is 12.4 Å². The van der Waals surface area contributed by atoms with E-state index in [1.54, 1.807) is 24.3 Å². The van der Waals surface area contributed by atoms with Crippen LogP contribution >= 0.6 is 11.6 Å². The summed E-state index contributed by atoms with van der Waals surface area (Å²) in [7, 11) is 0. The van der Waals surface area contributed by atoms with Crippen LogP contribution in [0, 0.1) is 0 Å². The fourth-order valence-electron chi connectivity index (χ4n) is 2.54. The Bertz CT molecular complexity index is 758. The maximum absolute atomic E-state index is 12.1. The first-order valence-corrected chi connectivity index (χ1v) is 8.52. The number of carboxylic acid groups (broad SMARTS) is 1. The Morgan fingerprint density at radius 3 is 2.32 bits per heavy atom. The van der Waals surface area contributed by atoms with Crippen LogP contribution in [0.25, 0.3) is 0 Å². The Morgan fingerprint density at radius 2 is 1.84 bits per heavy atom. The molecule has 1 saturated carbocycles. The van der Waals surface area contributed by atoms with Gasteiger partial charge < -0.3 is 10.4 Å². The van der Waals surface area contributed by atoms with E-state index in [-0.39, 0.29) is 11.7 Å². The smallest absolute Gasteiger partial charge is 0.317 e. The minimum Gasteiger partial charge on any atom is -0.480 e. The highest BCUT2D eigenvalue weighted by atomic mass is 35.5. The van der Waals surface area contributed by atoms with Crippen LogP contribution < -0.4 is 5.32 Å². The molecule has 1 aliphatic carbocycles. The molecule has 0 aliphatic heterocycles. The van der Waals surface area contributed by atoms with Crippen molar-refractivity contribution in [1.82, 2.24) is 9.97 Å². The maximum atomic E-state index is 12.1. The summed E-state index contributed by atoms with van der Waals surface area (Å²) in [5, 5.41) is 12.5. The molecule has 0 unspecified atom stereocenters. The minimum atomic E-state index is -0.977. The second kappa shape index (κ2) is 8.07. The number of carboxylic acids is 1. The van der Waals surface area contributed by atoms with Crippen molar-refractivity contribution in [2.24, 2.45) is 0 Å². The van der Waals surface area contributed by atoms with Gasteiger partial charge in [0.25, 0.3) is 5.91 Å². The van der Waals surface area contributed by atoms with E-state index in [0.717, 1.165) is 6.42 Å². The van der Waals surface area contributed by atoms with Gasteiger partial charge in [-0.2, -0.15) is 0 Å². The average molecular weight is 362 g/mol. The topological polar surface area (TPSA) is 92.2 Å². The van der Waals surface area contributed by atoms with E-state index in [2.05, 4.69) is 15.3 Å². The van der Waals surface area contributed by atoms with E-state index in [9.17, 15) is 14.7 Å². The number of benzene rings is 1. The summed E-state index contributed by atoms with van der Waals surface area (Å²) in [5.74, 6) is -0.947. The van der Waals surface area contributed by atoms with Gasteiger partial charge in [-0.1, -0.05) is 37.9 Å². The van der Waals surface area contributed by atoms with Crippen molar-refractivity contribution in [1.29, 1.82) is 0 Å². The lowest BCUT2D eigenvalue weighted by molar-refractivity contribution is -0.147. The van der Waals surface area contributed by atoms with E-state index in [0.29, 0.717) is 29.1 Å². The van der Waals surface area contributed by atoms with Crippen LogP contribution in [0.1, 0.15) is 49.3 Å². The molecule has 3 rings (SSSR count). The van der Waals surface area contributed by atoms with Gasteiger partial charge in [-0.3, -0.25) is 9.59 Å². The Hall–Kier alpha value is -2.47. The second-order valence-electron chi connectivity index (χ2n) is 5.50. The van der Waals surface area contributed by atoms with E-state index >= 15 is 0 Å². The predicted molar refractivity (Wildman–Crippen MR) is 96.0 cm³/mol. The molecule has 1 aromatic heterocycles. The number of nitrogens with zero attached hydrogens (tertiary/aromatic N) is 2. The highest BCUT2D eigenvalue weighted by molar-refractivity contribution is 6.31. The summed E-state index contributed by atoms with van der Waals surface area (Å²) < 4.78 is 0. The molecule has 132 valence electrons. The van der Waals surface area contributed by atoms with Crippen molar-refractivity contribution < 1.29 is 14.7 Å². The van der Waals surface area contributed by atoms with Crippen LogP contribution in [0.2, 0.25) is 5.02 Å². The molecule has 1 aliphatic rings. The average Bonchev–Trinajstić information content (AvgIpc) is 2.57. The van der Waals surface area contributed by atoms with Gasteiger partial charge in [0.2, 0.25) is 0 Å². The van der Waals surface area contributed by atoms with Gasteiger partial charge in [0.1, 0.15) is 11.2 Å². The number of carbonyl (C=O) groups excluding carboxylic acids is 1. The van der Waals surface area contributed by atoms with Crippen molar-refractivity contribution >= 4 is 29.2 Å². The first-order valence-electron chi connectivity index (χ1n) is 8.14. The van der Waals surface area contributed by atoms with Gasteiger partial charge in [0, 0.05) is 10.6 Å². The molecule has 7 heteroatoms. The van der Waals surface area contributed by atoms with Crippen LogP contribution in [0.5, 0.6) is 0 Å². The molecule has 2 N–H and O–H groups in total. The SMILES string of the molecule is CC.O=C(Nc1cnc(C2(C(=O)O)CCC2)nc1)c1cccc(Cl)c1. The summed E-state index contributed by atoms with van der Waals surface area (Å²) >= 11 is 5.85. The van der Waals surface area contributed by atoms with Gasteiger partial charge in [-0.05, 0) is 31.0 Å². The van der Waals surface area contributed by atoms with Crippen LogP contribution in [-0.2, 0) is 10.2 Å². The molecule has 1 heterocycles. The normalized spacial score (nSPS) is 14.5. The van der Waals surface area contributed by atoms with Crippen molar-refractivity contribution in [3.8, 4) is 0 Å². The van der Waals surface area contributed by atoms with Crippen molar-refractivity contribution in [2.75, 3.05) is 5.32 Å². The lowest BCUT2D eigenvalue weighted by Gasteiger charge is -2.35. The highest BCUT2D eigenvalue weighted by Gasteiger charge is 2.48. The van der Waals surface area contributed by atoms with Crippen LogP contribution in [0.15, 0.2) is 36.7 Å². The zero-order valence-corrected chi connectivity index (χ0v) is 14.9. The van der Waals surface area contributed by atoms with Crippen molar-refractivity contribution in [2.45, 2.75) is 38.5 Å². The van der Waals surface area contributed by atoms with Gasteiger partial charge in [-0.15, -0.1) is 0 Å². The number of aliphatic carboxylic acids is 1. The number of aromatic nitrogens is 2. The van der Waals surface area contributed by atoms with Crippen LogP contribution in [0.4, 0.5) is 5.69 Å². The lowest BCUT2D eigenvalue weighted by atomic mass is 9.68. The van der Waals surface area contributed by atoms with E-state index in [4.69, 9.17) is 11.6 Å². The fraction of sp³-hybridized carbons (Fsp3) is 0.333. The Labute approximate surface area is 151 Å². The number of nitrogens with one attached hydrogen (secondary N) is 1. The zero-order chi connectivity index (χ0) is 18.4. The van der Waals surface area contributed by atoms with Crippen LogP contribution in [0.3, 0.4) is 0 Å². The first-order chi connectivity index (χ1) is 12.0. The molecule has 0 radical (unpaired) electrons. The third kappa shape index (κ3) is 3.96. The van der Waals surface area contributed by atoms with Gasteiger partial charge in [0.05, 0.1) is 18.1 Å². The highest BCUT2D eigenvalue weighted by Crippen LogP contribution is 2.42. The molecule has 0 atom stereocenters. The lowest BCUT2D eigenvalue weighted by Crippen LogP contribution is -2.43. The van der Waals surface area contributed by atoms with Gasteiger partial charge >= 0.3 is 5.97 Å². The van der Waals surface area contributed by atoms with E-state index in [1.807, 2.05) is 13.8 Å². The molecule has 1 amide bonds.